The molecule has 2 N–H and O–H groups in total. The second-order valence-electron chi connectivity index (χ2n) is 5.10. The predicted octanol–water partition coefficient (Wildman–Crippen LogP) is 3.49. The number of aromatic hydroxyl groups is 2. The van der Waals surface area contributed by atoms with Crippen LogP contribution in [0.4, 0.5) is 0 Å². The zero-order valence-electron chi connectivity index (χ0n) is 11.7. The average Bonchev–Trinajstić information content (AvgIpc) is 2.45. The van der Waals surface area contributed by atoms with Crippen molar-refractivity contribution >= 4 is 11.0 Å². The van der Waals surface area contributed by atoms with Crippen LogP contribution < -0.4 is 5.43 Å². The molecule has 106 valence electrons. The lowest BCUT2D eigenvalue weighted by molar-refractivity contribution is 0.404. The first-order chi connectivity index (χ1) is 9.97. The minimum atomic E-state index is -0.436. The normalized spacial score (nSPS) is 11.0. The van der Waals surface area contributed by atoms with Crippen molar-refractivity contribution < 1.29 is 14.6 Å². The molecule has 0 unspecified atom stereocenters. The largest absolute Gasteiger partial charge is 0.504 e. The molecule has 4 nitrogen and oxygen atoms in total. The molecule has 0 amide bonds. The summed E-state index contributed by atoms with van der Waals surface area (Å²) in [4.78, 5) is 12.2. The Labute approximate surface area is 120 Å². The van der Waals surface area contributed by atoms with E-state index in [4.69, 9.17) is 4.42 Å². The summed E-state index contributed by atoms with van der Waals surface area (Å²) in [5, 5.41) is 19.6. The molecule has 0 bridgehead atoms. The Morgan fingerprint density at radius 1 is 0.952 bits per heavy atom. The van der Waals surface area contributed by atoms with Gasteiger partial charge in [0, 0.05) is 11.6 Å². The predicted molar refractivity (Wildman–Crippen MR) is 80.7 cm³/mol. The first-order valence-corrected chi connectivity index (χ1v) is 6.54. The van der Waals surface area contributed by atoms with E-state index >= 15 is 0 Å². The van der Waals surface area contributed by atoms with Crippen molar-refractivity contribution in [3.63, 3.8) is 0 Å². The summed E-state index contributed by atoms with van der Waals surface area (Å²) in [5.74, 6) is -0.302. The van der Waals surface area contributed by atoms with Gasteiger partial charge in [-0.2, -0.15) is 0 Å². The van der Waals surface area contributed by atoms with E-state index in [9.17, 15) is 15.0 Å². The van der Waals surface area contributed by atoms with Gasteiger partial charge in [-0.05, 0) is 25.5 Å². The molecular weight excluding hydrogens is 268 g/mol. The highest BCUT2D eigenvalue weighted by molar-refractivity contribution is 5.88. The minimum absolute atomic E-state index is 0.00559. The molecule has 3 rings (SSSR count). The van der Waals surface area contributed by atoms with Gasteiger partial charge in [0.15, 0.2) is 16.9 Å². The summed E-state index contributed by atoms with van der Waals surface area (Å²) in [6.07, 6.45) is 0. The molecule has 0 fully saturated rings. The second kappa shape index (κ2) is 4.66. The average molecular weight is 282 g/mol. The molecule has 3 aromatic rings. The number of hydrogen-bond acceptors (Lipinski definition) is 4. The maximum absolute atomic E-state index is 12.2. The number of benzene rings is 2. The van der Waals surface area contributed by atoms with Crippen molar-refractivity contribution in [1.82, 2.24) is 0 Å². The molecule has 0 spiro atoms. The summed E-state index contributed by atoms with van der Waals surface area (Å²) in [6.45, 7) is 3.61. The van der Waals surface area contributed by atoms with Gasteiger partial charge in [-0.15, -0.1) is 0 Å². The van der Waals surface area contributed by atoms with Crippen LogP contribution in [0.5, 0.6) is 11.5 Å². The summed E-state index contributed by atoms with van der Waals surface area (Å²) >= 11 is 0. The van der Waals surface area contributed by atoms with E-state index in [2.05, 4.69) is 0 Å². The van der Waals surface area contributed by atoms with Gasteiger partial charge in [0.1, 0.15) is 16.7 Å². The Bertz CT molecular complexity index is 889. The molecule has 0 saturated carbocycles. The molecule has 0 radical (unpaired) electrons. The SMILES string of the molecule is Cc1ccc(-c2cc(=O)c3c(O)c(O)c(C)cc3o2)cc1. The standard InChI is InChI=1S/C17H14O4/c1-9-3-5-11(6-4-9)13-8-12(18)15-14(21-13)7-10(2)16(19)17(15)20/h3-8,19-20H,1-2H3. The monoisotopic (exact) mass is 282 g/mol. The summed E-state index contributed by atoms with van der Waals surface area (Å²) in [7, 11) is 0. The fourth-order valence-corrected chi connectivity index (χ4v) is 2.28. The van der Waals surface area contributed by atoms with Crippen LogP contribution in [0.2, 0.25) is 0 Å². The Morgan fingerprint density at radius 3 is 2.29 bits per heavy atom. The topological polar surface area (TPSA) is 70.7 Å². The van der Waals surface area contributed by atoms with Gasteiger partial charge in [-0.3, -0.25) is 4.79 Å². The van der Waals surface area contributed by atoms with Crippen molar-refractivity contribution in [1.29, 1.82) is 0 Å². The zero-order valence-corrected chi connectivity index (χ0v) is 11.7. The number of phenols is 2. The van der Waals surface area contributed by atoms with Crippen molar-refractivity contribution in [2.45, 2.75) is 13.8 Å². The summed E-state index contributed by atoms with van der Waals surface area (Å²) < 4.78 is 5.71. The lowest BCUT2D eigenvalue weighted by Gasteiger charge is -2.07. The van der Waals surface area contributed by atoms with E-state index in [1.165, 1.54) is 6.07 Å². The molecule has 1 aromatic heterocycles. The van der Waals surface area contributed by atoms with E-state index in [1.807, 2.05) is 31.2 Å². The number of rotatable bonds is 1. The van der Waals surface area contributed by atoms with Crippen LogP contribution in [0, 0.1) is 13.8 Å². The van der Waals surface area contributed by atoms with Gasteiger partial charge < -0.3 is 14.6 Å². The Morgan fingerprint density at radius 2 is 1.62 bits per heavy atom. The highest BCUT2D eigenvalue weighted by Gasteiger charge is 2.15. The molecule has 1 heterocycles. The van der Waals surface area contributed by atoms with Gasteiger partial charge in [0.05, 0.1) is 0 Å². The van der Waals surface area contributed by atoms with Crippen LogP contribution in [0.3, 0.4) is 0 Å². The third-order valence-corrected chi connectivity index (χ3v) is 3.49. The summed E-state index contributed by atoms with van der Waals surface area (Å²) in [6, 6.07) is 10.5. The first kappa shape index (κ1) is 13.2. The molecule has 0 aliphatic carbocycles. The van der Waals surface area contributed by atoms with Crippen molar-refractivity contribution in [2.75, 3.05) is 0 Å². The number of phenolic OH excluding ortho intramolecular Hbond substituents is 2. The van der Waals surface area contributed by atoms with Crippen LogP contribution in [0.1, 0.15) is 11.1 Å². The van der Waals surface area contributed by atoms with Crippen LogP contribution in [-0.2, 0) is 0 Å². The van der Waals surface area contributed by atoms with Crippen LogP contribution in [0.25, 0.3) is 22.3 Å². The lowest BCUT2D eigenvalue weighted by atomic mass is 10.1. The number of aryl methyl sites for hydroxylation is 2. The van der Waals surface area contributed by atoms with Crippen LogP contribution in [-0.4, -0.2) is 10.2 Å². The van der Waals surface area contributed by atoms with E-state index in [-0.39, 0.29) is 22.1 Å². The third kappa shape index (κ3) is 2.14. The first-order valence-electron chi connectivity index (χ1n) is 6.54. The van der Waals surface area contributed by atoms with E-state index in [1.54, 1.807) is 13.0 Å². The Kier molecular flexibility index (Phi) is 2.94. The van der Waals surface area contributed by atoms with Crippen molar-refractivity contribution in [3.05, 3.63) is 57.7 Å². The van der Waals surface area contributed by atoms with Crippen molar-refractivity contribution in [3.8, 4) is 22.8 Å². The molecular formula is C17H14O4. The molecule has 0 saturated heterocycles. The lowest BCUT2D eigenvalue weighted by Crippen LogP contribution is -2.01. The highest BCUT2D eigenvalue weighted by atomic mass is 16.3. The van der Waals surface area contributed by atoms with Crippen LogP contribution >= 0.6 is 0 Å². The molecule has 0 aliphatic heterocycles. The van der Waals surface area contributed by atoms with Crippen molar-refractivity contribution in [2.24, 2.45) is 0 Å². The van der Waals surface area contributed by atoms with Gasteiger partial charge >= 0.3 is 0 Å². The Balaban J connectivity index is 2.31. The number of hydrogen-bond donors (Lipinski definition) is 2. The quantitative estimate of drug-likeness (QED) is 0.670. The minimum Gasteiger partial charge on any atom is -0.504 e. The second-order valence-corrected chi connectivity index (χ2v) is 5.10. The van der Waals surface area contributed by atoms with E-state index in [0.717, 1.165) is 11.1 Å². The van der Waals surface area contributed by atoms with Gasteiger partial charge in [0.2, 0.25) is 0 Å². The van der Waals surface area contributed by atoms with Crippen LogP contribution in [0.15, 0.2) is 45.6 Å². The van der Waals surface area contributed by atoms with Gasteiger partial charge in [-0.25, -0.2) is 0 Å². The maximum atomic E-state index is 12.2. The molecule has 0 atom stereocenters. The van der Waals surface area contributed by atoms with E-state index < -0.39 is 5.75 Å². The maximum Gasteiger partial charge on any atom is 0.197 e. The fourth-order valence-electron chi connectivity index (χ4n) is 2.28. The zero-order chi connectivity index (χ0) is 15.1. The fraction of sp³-hybridized carbons (Fsp3) is 0.118. The van der Waals surface area contributed by atoms with E-state index in [0.29, 0.717) is 11.3 Å². The van der Waals surface area contributed by atoms with Gasteiger partial charge in [0.25, 0.3) is 0 Å². The summed E-state index contributed by atoms with van der Waals surface area (Å²) in [5.41, 5.74) is 2.21. The molecule has 21 heavy (non-hydrogen) atoms. The molecule has 2 aromatic carbocycles. The molecule has 0 aliphatic rings. The Hall–Kier alpha value is -2.75. The smallest absolute Gasteiger partial charge is 0.197 e. The highest BCUT2D eigenvalue weighted by Crippen LogP contribution is 2.36. The van der Waals surface area contributed by atoms with Gasteiger partial charge in [-0.1, -0.05) is 29.8 Å². The molecule has 4 heteroatoms. The third-order valence-electron chi connectivity index (χ3n) is 3.49. The number of fused-ring (bicyclic) bond motifs is 1.